The van der Waals surface area contributed by atoms with E-state index >= 15 is 0 Å². The Morgan fingerprint density at radius 3 is 2.33 bits per heavy atom. The number of benzene rings is 2. The second-order valence-electron chi connectivity index (χ2n) is 6.77. The van der Waals surface area contributed by atoms with Gasteiger partial charge in [-0.25, -0.2) is 4.98 Å². The number of hydrogen-bond donors (Lipinski definition) is 0. The van der Waals surface area contributed by atoms with Crippen molar-refractivity contribution in [2.75, 3.05) is 38.1 Å². The summed E-state index contributed by atoms with van der Waals surface area (Å²) in [6, 6.07) is 13.0. The molecule has 0 unspecified atom stereocenters. The fourth-order valence-electron chi connectivity index (χ4n) is 3.43. The van der Waals surface area contributed by atoms with E-state index in [1.54, 1.807) is 28.8 Å². The van der Waals surface area contributed by atoms with Crippen LogP contribution >= 0.6 is 23.2 Å². The van der Waals surface area contributed by atoms with Gasteiger partial charge >= 0.3 is 0 Å². The molecule has 0 atom stereocenters. The number of aromatic nitrogens is 2. The van der Waals surface area contributed by atoms with Crippen molar-refractivity contribution < 1.29 is 0 Å². The van der Waals surface area contributed by atoms with Crippen molar-refractivity contribution in [3.63, 3.8) is 0 Å². The maximum absolute atomic E-state index is 13.1. The predicted octanol–water partition coefficient (Wildman–Crippen LogP) is 3.53. The maximum atomic E-state index is 13.1. The van der Waals surface area contributed by atoms with Gasteiger partial charge in [0.2, 0.25) is 0 Å². The van der Waals surface area contributed by atoms with Crippen LogP contribution in [0.25, 0.3) is 16.6 Å². The molecule has 1 aliphatic rings. The van der Waals surface area contributed by atoms with E-state index in [4.69, 9.17) is 23.2 Å². The van der Waals surface area contributed by atoms with Crippen LogP contribution in [0.4, 0.5) is 5.69 Å². The summed E-state index contributed by atoms with van der Waals surface area (Å²) in [6.45, 7) is 3.98. The standard InChI is InChI=1S/C20H20Cl2N4O/c1-24-8-10-25(11-9-24)16-6-7-17-18(12-16)23-19(13-21)26(20(17)27)15-4-2-14(22)3-5-15/h2-7,12H,8-11,13H2,1H3. The average molecular weight is 403 g/mol. The van der Waals surface area contributed by atoms with E-state index < -0.39 is 0 Å². The molecule has 7 heteroatoms. The highest BCUT2D eigenvalue weighted by Crippen LogP contribution is 2.22. The molecular formula is C20H20Cl2N4O. The Hall–Kier alpha value is -2.08. The molecule has 1 aromatic heterocycles. The van der Waals surface area contributed by atoms with Crippen molar-refractivity contribution >= 4 is 39.8 Å². The van der Waals surface area contributed by atoms with E-state index in [0.717, 1.165) is 31.9 Å². The largest absolute Gasteiger partial charge is 0.369 e. The van der Waals surface area contributed by atoms with Gasteiger partial charge in [-0.15, -0.1) is 11.6 Å². The summed E-state index contributed by atoms with van der Waals surface area (Å²) in [5, 5.41) is 1.20. The molecule has 0 radical (unpaired) electrons. The molecule has 0 amide bonds. The first-order chi connectivity index (χ1) is 13.1. The minimum Gasteiger partial charge on any atom is -0.369 e. The summed E-state index contributed by atoms with van der Waals surface area (Å²) in [7, 11) is 2.13. The lowest BCUT2D eigenvalue weighted by molar-refractivity contribution is 0.313. The van der Waals surface area contributed by atoms with Gasteiger partial charge in [0, 0.05) is 36.9 Å². The SMILES string of the molecule is CN1CCN(c2ccc3c(=O)n(-c4ccc(Cl)cc4)c(CCl)nc3c2)CC1. The summed E-state index contributed by atoms with van der Waals surface area (Å²) < 4.78 is 1.56. The van der Waals surface area contributed by atoms with Crippen molar-refractivity contribution in [3.8, 4) is 5.69 Å². The van der Waals surface area contributed by atoms with E-state index in [1.807, 2.05) is 18.2 Å². The monoisotopic (exact) mass is 402 g/mol. The van der Waals surface area contributed by atoms with Crippen LogP contribution in [0, 0.1) is 0 Å². The fraction of sp³-hybridized carbons (Fsp3) is 0.300. The van der Waals surface area contributed by atoms with Crippen molar-refractivity contribution in [2.24, 2.45) is 0 Å². The van der Waals surface area contributed by atoms with E-state index in [2.05, 4.69) is 21.8 Å². The first-order valence-electron chi connectivity index (χ1n) is 8.88. The van der Waals surface area contributed by atoms with Crippen molar-refractivity contribution in [1.29, 1.82) is 0 Å². The third-order valence-corrected chi connectivity index (χ3v) is 5.49. The lowest BCUT2D eigenvalue weighted by Crippen LogP contribution is -2.44. The number of halogens is 2. The Bertz CT molecular complexity index is 1020. The van der Waals surface area contributed by atoms with Crippen LogP contribution in [0.1, 0.15) is 5.82 Å². The Kier molecular flexibility index (Phi) is 5.08. The van der Waals surface area contributed by atoms with Gasteiger partial charge in [0.25, 0.3) is 5.56 Å². The number of anilines is 1. The van der Waals surface area contributed by atoms with Crippen LogP contribution < -0.4 is 10.5 Å². The number of likely N-dealkylation sites (N-methyl/N-ethyl adjacent to an activating group) is 1. The molecule has 0 spiro atoms. The van der Waals surface area contributed by atoms with Gasteiger partial charge in [0.05, 0.1) is 22.5 Å². The van der Waals surface area contributed by atoms with Gasteiger partial charge in [-0.3, -0.25) is 9.36 Å². The Balaban J connectivity index is 1.81. The van der Waals surface area contributed by atoms with Crippen molar-refractivity contribution in [3.05, 3.63) is 63.7 Å². The van der Waals surface area contributed by atoms with Crippen LogP contribution in [-0.4, -0.2) is 47.7 Å². The molecular weight excluding hydrogens is 383 g/mol. The molecule has 2 aromatic carbocycles. The minimum atomic E-state index is -0.122. The first-order valence-corrected chi connectivity index (χ1v) is 9.79. The number of alkyl halides is 1. The van der Waals surface area contributed by atoms with E-state index in [0.29, 0.717) is 27.4 Å². The third-order valence-electron chi connectivity index (χ3n) is 5.00. The van der Waals surface area contributed by atoms with Gasteiger partial charge in [-0.05, 0) is 49.5 Å². The average Bonchev–Trinajstić information content (AvgIpc) is 2.69. The van der Waals surface area contributed by atoms with Gasteiger partial charge in [-0.1, -0.05) is 11.6 Å². The predicted molar refractivity (Wildman–Crippen MR) is 112 cm³/mol. The summed E-state index contributed by atoms with van der Waals surface area (Å²) in [4.78, 5) is 22.5. The minimum absolute atomic E-state index is 0.122. The Morgan fingerprint density at radius 2 is 1.67 bits per heavy atom. The van der Waals surface area contributed by atoms with Crippen LogP contribution in [0.5, 0.6) is 0 Å². The van der Waals surface area contributed by atoms with Gasteiger partial charge in [0.1, 0.15) is 5.82 Å². The molecule has 4 rings (SSSR count). The van der Waals surface area contributed by atoms with E-state index in [9.17, 15) is 4.79 Å². The van der Waals surface area contributed by atoms with Crippen molar-refractivity contribution in [1.82, 2.24) is 14.5 Å². The quantitative estimate of drug-likeness (QED) is 0.628. The normalized spacial score (nSPS) is 15.4. The molecule has 1 fully saturated rings. The summed E-state index contributed by atoms with van der Waals surface area (Å²) >= 11 is 12.1. The lowest BCUT2D eigenvalue weighted by Gasteiger charge is -2.34. The molecule has 5 nitrogen and oxygen atoms in total. The summed E-state index contributed by atoms with van der Waals surface area (Å²) in [5.74, 6) is 0.666. The Labute approximate surface area is 167 Å². The first kappa shape index (κ1) is 18.3. The second-order valence-corrected chi connectivity index (χ2v) is 7.47. The highest BCUT2D eigenvalue weighted by atomic mass is 35.5. The van der Waals surface area contributed by atoms with Crippen LogP contribution in [0.15, 0.2) is 47.3 Å². The van der Waals surface area contributed by atoms with Gasteiger partial charge in [-0.2, -0.15) is 0 Å². The fourth-order valence-corrected chi connectivity index (χ4v) is 3.73. The number of nitrogens with zero attached hydrogens (tertiary/aromatic N) is 4. The van der Waals surface area contributed by atoms with E-state index in [-0.39, 0.29) is 11.4 Å². The second kappa shape index (κ2) is 7.50. The molecule has 1 saturated heterocycles. The molecule has 0 aliphatic carbocycles. The van der Waals surface area contributed by atoms with Crippen molar-refractivity contribution in [2.45, 2.75) is 5.88 Å². The lowest BCUT2D eigenvalue weighted by atomic mass is 10.2. The van der Waals surface area contributed by atoms with Crippen LogP contribution in [0.3, 0.4) is 0 Å². The zero-order valence-corrected chi connectivity index (χ0v) is 16.5. The molecule has 3 aromatic rings. The molecule has 27 heavy (non-hydrogen) atoms. The van der Waals surface area contributed by atoms with E-state index in [1.165, 1.54) is 0 Å². The molecule has 0 bridgehead atoms. The van der Waals surface area contributed by atoms with Crippen LogP contribution in [-0.2, 0) is 5.88 Å². The third kappa shape index (κ3) is 3.55. The van der Waals surface area contributed by atoms with Crippen LogP contribution in [0.2, 0.25) is 5.02 Å². The number of fused-ring (bicyclic) bond motifs is 1. The Morgan fingerprint density at radius 1 is 1.00 bits per heavy atom. The number of hydrogen-bond acceptors (Lipinski definition) is 4. The summed E-state index contributed by atoms with van der Waals surface area (Å²) in [5.41, 5.74) is 2.35. The number of piperazine rings is 1. The summed E-state index contributed by atoms with van der Waals surface area (Å²) in [6.07, 6.45) is 0. The van der Waals surface area contributed by atoms with Gasteiger partial charge < -0.3 is 9.80 Å². The highest BCUT2D eigenvalue weighted by molar-refractivity contribution is 6.30. The zero-order chi connectivity index (χ0) is 19.0. The molecule has 2 heterocycles. The molecule has 0 N–H and O–H groups in total. The smallest absolute Gasteiger partial charge is 0.266 e. The highest BCUT2D eigenvalue weighted by Gasteiger charge is 2.17. The molecule has 140 valence electrons. The zero-order valence-electron chi connectivity index (χ0n) is 15.0. The number of rotatable bonds is 3. The molecule has 1 aliphatic heterocycles. The maximum Gasteiger partial charge on any atom is 0.266 e. The van der Waals surface area contributed by atoms with Gasteiger partial charge in [0.15, 0.2) is 0 Å². The molecule has 0 saturated carbocycles. The topological polar surface area (TPSA) is 41.4 Å².